The van der Waals surface area contributed by atoms with E-state index in [2.05, 4.69) is 15.2 Å². The summed E-state index contributed by atoms with van der Waals surface area (Å²) >= 11 is 1.43. The summed E-state index contributed by atoms with van der Waals surface area (Å²) in [6.07, 6.45) is 2.41. The van der Waals surface area contributed by atoms with Crippen LogP contribution in [0.1, 0.15) is 18.4 Å². The predicted octanol–water partition coefficient (Wildman–Crippen LogP) is 2.05. The van der Waals surface area contributed by atoms with Gasteiger partial charge in [0.05, 0.1) is 9.88 Å². The van der Waals surface area contributed by atoms with Crippen molar-refractivity contribution in [2.45, 2.75) is 32.0 Å². The SMILES string of the molecule is CCCn1c(-c2cnc(C)s2)nnc1S(=O)(=O)Cl. The first kappa shape index (κ1) is 13.4. The van der Waals surface area contributed by atoms with Crippen molar-refractivity contribution in [3.05, 3.63) is 11.2 Å². The molecule has 0 aromatic carbocycles. The number of aromatic nitrogens is 4. The molecule has 0 N–H and O–H groups in total. The zero-order valence-corrected chi connectivity index (χ0v) is 12.2. The van der Waals surface area contributed by atoms with Crippen LogP contribution in [0.15, 0.2) is 11.4 Å². The van der Waals surface area contributed by atoms with E-state index in [9.17, 15) is 8.42 Å². The summed E-state index contributed by atoms with van der Waals surface area (Å²) in [5.41, 5.74) is 0. The predicted molar refractivity (Wildman–Crippen MR) is 69.2 cm³/mol. The Morgan fingerprint density at radius 3 is 2.67 bits per heavy atom. The van der Waals surface area contributed by atoms with Gasteiger partial charge < -0.3 is 0 Å². The maximum absolute atomic E-state index is 11.4. The van der Waals surface area contributed by atoms with E-state index in [1.54, 1.807) is 6.20 Å². The Bertz CT molecular complexity index is 662. The van der Waals surface area contributed by atoms with E-state index in [1.807, 2.05) is 13.8 Å². The molecule has 0 fully saturated rings. The van der Waals surface area contributed by atoms with E-state index in [4.69, 9.17) is 10.7 Å². The molecular weight excluding hydrogens is 296 g/mol. The number of rotatable bonds is 4. The van der Waals surface area contributed by atoms with Crippen LogP contribution in [0.25, 0.3) is 10.7 Å². The second-order valence-corrected chi connectivity index (χ2v) is 7.33. The van der Waals surface area contributed by atoms with Crippen molar-refractivity contribution < 1.29 is 8.42 Å². The van der Waals surface area contributed by atoms with Gasteiger partial charge in [-0.15, -0.1) is 21.5 Å². The van der Waals surface area contributed by atoms with Crippen LogP contribution in [-0.2, 0) is 15.6 Å². The first-order chi connectivity index (χ1) is 8.43. The van der Waals surface area contributed by atoms with Gasteiger partial charge in [0.2, 0.25) is 0 Å². The summed E-state index contributed by atoms with van der Waals surface area (Å²) in [5.74, 6) is 0.488. The third-order valence-corrected chi connectivity index (χ3v) is 4.28. The molecule has 2 rings (SSSR count). The molecule has 0 atom stereocenters. The number of hydrogen-bond donors (Lipinski definition) is 0. The fraction of sp³-hybridized carbons (Fsp3) is 0.444. The Morgan fingerprint density at radius 2 is 2.17 bits per heavy atom. The molecule has 18 heavy (non-hydrogen) atoms. The fourth-order valence-electron chi connectivity index (χ4n) is 1.54. The molecule has 6 nitrogen and oxygen atoms in total. The van der Waals surface area contributed by atoms with Gasteiger partial charge in [-0.1, -0.05) is 6.92 Å². The van der Waals surface area contributed by atoms with Crippen LogP contribution >= 0.6 is 22.0 Å². The first-order valence-electron chi connectivity index (χ1n) is 5.24. The second kappa shape index (κ2) is 4.94. The van der Waals surface area contributed by atoms with Gasteiger partial charge in [-0.2, -0.15) is 0 Å². The van der Waals surface area contributed by atoms with E-state index in [0.29, 0.717) is 12.4 Å². The van der Waals surface area contributed by atoms with Crippen LogP contribution in [0.2, 0.25) is 0 Å². The molecule has 0 aliphatic rings. The standard InChI is InChI=1S/C9H11ClN4O2S2/c1-3-4-14-8(7-5-11-6(2)17-7)12-13-9(14)18(10,15)16/h5H,3-4H2,1-2H3. The topological polar surface area (TPSA) is 77.7 Å². The van der Waals surface area contributed by atoms with Gasteiger partial charge >= 0.3 is 0 Å². The van der Waals surface area contributed by atoms with E-state index >= 15 is 0 Å². The van der Waals surface area contributed by atoms with Crippen molar-refractivity contribution in [1.82, 2.24) is 19.7 Å². The van der Waals surface area contributed by atoms with Crippen LogP contribution in [0.3, 0.4) is 0 Å². The van der Waals surface area contributed by atoms with E-state index in [0.717, 1.165) is 16.3 Å². The smallest absolute Gasteiger partial charge is 0.296 e. The molecule has 0 spiro atoms. The van der Waals surface area contributed by atoms with Crippen molar-refractivity contribution in [2.24, 2.45) is 0 Å². The summed E-state index contributed by atoms with van der Waals surface area (Å²) in [4.78, 5) is 4.90. The highest BCUT2D eigenvalue weighted by Gasteiger charge is 2.23. The van der Waals surface area contributed by atoms with Gasteiger partial charge in [-0.25, -0.2) is 13.4 Å². The van der Waals surface area contributed by atoms with Crippen LogP contribution in [0.5, 0.6) is 0 Å². The van der Waals surface area contributed by atoms with Gasteiger partial charge in [0.15, 0.2) is 5.82 Å². The number of halogens is 1. The molecule has 0 aliphatic carbocycles. The minimum Gasteiger partial charge on any atom is -0.296 e. The Morgan fingerprint density at radius 1 is 1.44 bits per heavy atom. The summed E-state index contributed by atoms with van der Waals surface area (Å²) in [6, 6.07) is 0. The Hall–Kier alpha value is -0.990. The molecule has 0 unspecified atom stereocenters. The van der Waals surface area contributed by atoms with Gasteiger partial charge in [0.1, 0.15) is 0 Å². The fourth-order valence-corrected chi connectivity index (χ4v) is 3.23. The number of thiazole rings is 1. The van der Waals surface area contributed by atoms with Crippen molar-refractivity contribution >= 4 is 31.1 Å². The van der Waals surface area contributed by atoms with Gasteiger partial charge in [0, 0.05) is 23.4 Å². The van der Waals surface area contributed by atoms with Crippen LogP contribution in [0, 0.1) is 6.92 Å². The molecule has 0 saturated carbocycles. The van der Waals surface area contributed by atoms with Crippen LogP contribution < -0.4 is 0 Å². The molecule has 0 aliphatic heterocycles. The molecule has 0 amide bonds. The zero-order valence-electron chi connectivity index (χ0n) is 9.79. The number of hydrogen-bond acceptors (Lipinski definition) is 6. The lowest BCUT2D eigenvalue weighted by molar-refractivity contribution is 0.570. The average Bonchev–Trinajstić information content (AvgIpc) is 2.83. The molecule has 0 bridgehead atoms. The summed E-state index contributed by atoms with van der Waals surface area (Å²) in [6.45, 7) is 4.29. The number of nitrogens with zero attached hydrogens (tertiary/aromatic N) is 4. The molecular formula is C9H11ClN4O2S2. The quantitative estimate of drug-likeness (QED) is 0.808. The molecule has 2 aromatic heterocycles. The highest BCUT2D eigenvalue weighted by atomic mass is 35.7. The summed E-state index contributed by atoms with van der Waals surface area (Å²) in [5, 5.41) is 8.23. The molecule has 98 valence electrons. The van der Waals surface area contributed by atoms with Gasteiger partial charge in [0.25, 0.3) is 14.2 Å². The maximum Gasteiger partial charge on any atom is 0.296 e. The Balaban J connectivity index is 2.59. The van der Waals surface area contributed by atoms with E-state index in [-0.39, 0.29) is 5.16 Å². The maximum atomic E-state index is 11.4. The molecule has 0 radical (unpaired) electrons. The first-order valence-corrected chi connectivity index (χ1v) is 8.36. The van der Waals surface area contributed by atoms with Crippen molar-refractivity contribution in [1.29, 1.82) is 0 Å². The molecule has 9 heteroatoms. The largest absolute Gasteiger partial charge is 0.296 e. The van der Waals surface area contributed by atoms with Gasteiger partial charge in [-0.3, -0.25) is 4.57 Å². The van der Waals surface area contributed by atoms with Crippen molar-refractivity contribution in [3.63, 3.8) is 0 Å². The average molecular weight is 307 g/mol. The molecule has 2 aromatic rings. The second-order valence-electron chi connectivity index (χ2n) is 3.64. The summed E-state index contributed by atoms with van der Waals surface area (Å²) in [7, 11) is 1.45. The third-order valence-electron chi connectivity index (χ3n) is 2.22. The minimum atomic E-state index is -3.89. The highest BCUT2D eigenvalue weighted by molar-refractivity contribution is 8.13. The van der Waals surface area contributed by atoms with Gasteiger partial charge in [-0.05, 0) is 13.3 Å². The number of aryl methyl sites for hydroxylation is 1. The molecule has 0 saturated heterocycles. The third kappa shape index (κ3) is 2.55. The van der Waals surface area contributed by atoms with E-state index < -0.39 is 9.05 Å². The zero-order chi connectivity index (χ0) is 13.3. The van der Waals surface area contributed by atoms with E-state index in [1.165, 1.54) is 15.9 Å². The monoisotopic (exact) mass is 306 g/mol. The Labute approximate surface area is 113 Å². The highest BCUT2D eigenvalue weighted by Crippen LogP contribution is 2.27. The van der Waals surface area contributed by atoms with Crippen molar-refractivity contribution in [3.8, 4) is 10.7 Å². The normalized spacial score (nSPS) is 11.9. The lowest BCUT2D eigenvalue weighted by atomic mass is 10.4. The molecule has 2 heterocycles. The van der Waals surface area contributed by atoms with Crippen LogP contribution in [-0.4, -0.2) is 28.2 Å². The minimum absolute atomic E-state index is 0.216. The summed E-state index contributed by atoms with van der Waals surface area (Å²) < 4.78 is 24.3. The Kier molecular flexibility index (Phi) is 3.69. The van der Waals surface area contributed by atoms with Crippen LogP contribution in [0.4, 0.5) is 0 Å². The lowest BCUT2D eigenvalue weighted by Crippen LogP contribution is -2.07. The lowest BCUT2D eigenvalue weighted by Gasteiger charge is -2.05. The van der Waals surface area contributed by atoms with Crippen molar-refractivity contribution in [2.75, 3.05) is 0 Å².